The third-order valence-corrected chi connectivity index (χ3v) is 5.45. The largest absolute Gasteiger partial charge is 0.456 e. The highest BCUT2D eigenvalue weighted by molar-refractivity contribution is 5.91. The van der Waals surface area contributed by atoms with Crippen molar-refractivity contribution in [2.45, 2.75) is 37.6 Å². The van der Waals surface area contributed by atoms with Crippen LogP contribution in [0.25, 0.3) is 0 Å². The molecule has 0 aliphatic carbocycles. The topological polar surface area (TPSA) is 75.4 Å². The average Bonchev–Trinajstić information content (AvgIpc) is 3.19. The molecule has 1 N–H and O–H groups in total. The van der Waals surface area contributed by atoms with E-state index in [0.29, 0.717) is 25.3 Å². The number of nitrogens with one attached hydrogen (secondary N) is 1. The molecule has 6 nitrogen and oxygen atoms in total. The molecule has 2 amide bonds. The maximum absolute atomic E-state index is 12.6. The van der Waals surface area contributed by atoms with E-state index >= 15 is 0 Å². The van der Waals surface area contributed by atoms with Gasteiger partial charge in [-0.1, -0.05) is 0 Å². The molecule has 2 saturated heterocycles. The molecule has 4 heterocycles. The zero-order chi connectivity index (χ0) is 17.4. The zero-order valence-corrected chi connectivity index (χ0v) is 14.2. The van der Waals surface area contributed by atoms with Crippen LogP contribution in [-0.4, -0.2) is 40.3 Å². The number of piperidine rings is 1. The summed E-state index contributed by atoms with van der Waals surface area (Å²) in [5.74, 6) is 1.26. The van der Waals surface area contributed by atoms with E-state index in [1.165, 1.54) is 0 Å². The molecule has 0 bridgehead atoms. The van der Waals surface area contributed by atoms with Crippen LogP contribution < -0.4 is 5.32 Å². The molecule has 25 heavy (non-hydrogen) atoms. The Morgan fingerprint density at radius 3 is 2.60 bits per heavy atom. The number of rotatable bonds is 2. The SMILES string of the molecule is Cc1ccc(C(=O)N2CCC3(CC2)NC(=O)CC3c2ccncc2)o1. The lowest BCUT2D eigenvalue weighted by Crippen LogP contribution is -2.54. The summed E-state index contributed by atoms with van der Waals surface area (Å²) in [4.78, 5) is 30.6. The van der Waals surface area contributed by atoms with Crippen LogP contribution in [0.3, 0.4) is 0 Å². The van der Waals surface area contributed by atoms with E-state index < -0.39 is 0 Å². The van der Waals surface area contributed by atoms with Crippen molar-refractivity contribution in [3.05, 3.63) is 53.7 Å². The Labute approximate surface area is 146 Å². The van der Waals surface area contributed by atoms with Gasteiger partial charge in [-0.15, -0.1) is 0 Å². The second-order valence-electron chi connectivity index (χ2n) is 6.94. The van der Waals surface area contributed by atoms with Crippen molar-refractivity contribution in [1.29, 1.82) is 0 Å². The third kappa shape index (κ3) is 2.81. The summed E-state index contributed by atoms with van der Waals surface area (Å²) >= 11 is 0. The second kappa shape index (κ2) is 6.02. The number of aryl methyl sites for hydroxylation is 1. The number of carbonyl (C=O) groups is 2. The molecule has 2 aliphatic rings. The van der Waals surface area contributed by atoms with Crippen LogP contribution in [0.2, 0.25) is 0 Å². The molecule has 1 atom stereocenters. The predicted molar refractivity (Wildman–Crippen MR) is 91.1 cm³/mol. The number of nitrogens with zero attached hydrogens (tertiary/aromatic N) is 2. The van der Waals surface area contributed by atoms with Crippen LogP contribution in [0.1, 0.15) is 47.1 Å². The van der Waals surface area contributed by atoms with Crippen LogP contribution in [0.15, 0.2) is 41.1 Å². The van der Waals surface area contributed by atoms with Crippen molar-refractivity contribution in [1.82, 2.24) is 15.2 Å². The number of carbonyl (C=O) groups excluding carboxylic acids is 2. The lowest BCUT2D eigenvalue weighted by atomic mass is 9.74. The first-order valence-electron chi connectivity index (χ1n) is 8.64. The summed E-state index contributed by atoms with van der Waals surface area (Å²) < 4.78 is 5.46. The molecule has 0 radical (unpaired) electrons. The monoisotopic (exact) mass is 339 g/mol. The zero-order valence-electron chi connectivity index (χ0n) is 14.2. The van der Waals surface area contributed by atoms with E-state index in [2.05, 4.69) is 10.3 Å². The van der Waals surface area contributed by atoms with Gasteiger partial charge in [-0.25, -0.2) is 0 Å². The fourth-order valence-corrected chi connectivity index (χ4v) is 4.12. The van der Waals surface area contributed by atoms with Gasteiger partial charge in [0.1, 0.15) is 5.76 Å². The second-order valence-corrected chi connectivity index (χ2v) is 6.94. The Morgan fingerprint density at radius 1 is 1.24 bits per heavy atom. The highest BCUT2D eigenvalue weighted by Crippen LogP contribution is 2.43. The van der Waals surface area contributed by atoms with Crippen LogP contribution in [-0.2, 0) is 4.79 Å². The molecule has 1 spiro atoms. The minimum atomic E-state index is -0.270. The number of likely N-dealkylation sites (tertiary alicyclic amines) is 1. The Bertz CT molecular complexity index is 791. The Morgan fingerprint density at radius 2 is 1.96 bits per heavy atom. The summed E-state index contributed by atoms with van der Waals surface area (Å²) in [6.45, 7) is 3.05. The van der Waals surface area contributed by atoms with E-state index in [9.17, 15) is 9.59 Å². The van der Waals surface area contributed by atoms with Gasteiger partial charge in [0.05, 0.1) is 5.54 Å². The minimum absolute atomic E-state index is 0.0762. The molecule has 2 aromatic rings. The average molecular weight is 339 g/mol. The first kappa shape index (κ1) is 15.9. The molecule has 4 rings (SSSR count). The van der Waals surface area contributed by atoms with Gasteiger partial charge < -0.3 is 14.6 Å². The van der Waals surface area contributed by atoms with Crippen molar-refractivity contribution in [3.8, 4) is 0 Å². The van der Waals surface area contributed by atoms with Crippen molar-refractivity contribution in [2.24, 2.45) is 0 Å². The summed E-state index contributed by atoms with van der Waals surface area (Å²) in [7, 11) is 0. The predicted octanol–water partition coefficient (Wildman–Crippen LogP) is 2.26. The Hall–Kier alpha value is -2.63. The molecular formula is C19H21N3O3. The van der Waals surface area contributed by atoms with E-state index in [0.717, 1.165) is 24.2 Å². The lowest BCUT2D eigenvalue weighted by Gasteiger charge is -2.42. The smallest absolute Gasteiger partial charge is 0.289 e. The van der Waals surface area contributed by atoms with Gasteiger partial charge in [0, 0.05) is 37.8 Å². The van der Waals surface area contributed by atoms with Gasteiger partial charge in [0.2, 0.25) is 5.91 Å². The maximum Gasteiger partial charge on any atom is 0.289 e. The number of pyridine rings is 1. The number of hydrogen-bond acceptors (Lipinski definition) is 4. The summed E-state index contributed by atoms with van der Waals surface area (Å²) in [6, 6.07) is 7.49. The molecule has 6 heteroatoms. The van der Waals surface area contributed by atoms with Gasteiger partial charge in [-0.05, 0) is 49.6 Å². The number of hydrogen-bond donors (Lipinski definition) is 1. The van der Waals surface area contributed by atoms with Crippen LogP contribution in [0, 0.1) is 6.92 Å². The van der Waals surface area contributed by atoms with Crippen molar-refractivity contribution in [2.75, 3.05) is 13.1 Å². The lowest BCUT2D eigenvalue weighted by molar-refractivity contribution is -0.120. The fraction of sp³-hybridized carbons (Fsp3) is 0.421. The molecule has 1 unspecified atom stereocenters. The van der Waals surface area contributed by atoms with Gasteiger partial charge in [-0.2, -0.15) is 0 Å². The van der Waals surface area contributed by atoms with Crippen molar-refractivity contribution >= 4 is 11.8 Å². The molecule has 0 saturated carbocycles. The molecule has 2 aromatic heterocycles. The summed E-state index contributed by atoms with van der Waals surface area (Å²) in [6.07, 6.45) is 5.52. The number of amides is 2. The third-order valence-electron chi connectivity index (χ3n) is 5.45. The minimum Gasteiger partial charge on any atom is -0.456 e. The number of furan rings is 1. The van der Waals surface area contributed by atoms with E-state index in [1.54, 1.807) is 24.5 Å². The first-order valence-corrected chi connectivity index (χ1v) is 8.64. The molecular weight excluding hydrogens is 318 g/mol. The van der Waals surface area contributed by atoms with Gasteiger partial charge in [0.15, 0.2) is 5.76 Å². The normalized spacial score (nSPS) is 22.2. The number of aromatic nitrogens is 1. The Balaban J connectivity index is 1.51. The van der Waals surface area contributed by atoms with E-state index in [-0.39, 0.29) is 23.3 Å². The van der Waals surface area contributed by atoms with Gasteiger partial charge in [0.25, 0.3) is 5.91 Å². The standard InChI is InChI=1S/C19H21N3O3/c1-13-2-3-16(25-13)18(24)22-10-6-19(7-11-22)15(12-17(23)21-19)14-4-8-20-9-5-14/h2-5,8-9,15H,6-7,10-12H2,1H3,(H,21,23). The molecule has 2 aliphatic heterocycles. The first-order chi connectivity index (χ1) is 12.1. The molecule has 2 fully saturated rings. The highest BCUT2D eigenvalue weighted by Gasteiger charge is 2.49. The van der Waals surface area contributed by atoms with Crippen LogP contribution >= 0.6 is 0 Å². The van der Waals surface area contributed by atoms with E-state index in [1.807, 2.05) is 24.0 Å². The van der Waals surface area contributed by atoms with E-state index in [4.69, 9.17) is 4.42 Å². The molecule has 130 valence electrons. The quantitative estimate of drug-likeness (QED) is 0.911. The fourth-order valence-electron chi connectivity index (χ4n) is 4.12. The summed E-state index contributed by atoms with van der Waals surface area (Å²) in [5.41, 5.74) is 0.865. The highest BCUT2D eigenvalue weighted by atomic mass is 16.3. The van der Waals surface area contributed by atoms with Crippen molar-refractivity contribution < 1.29 is 14.0 Å². The maximum atomic E-state index is 12.6. The molecule has 0 aromatic carbocycles. The van der Waals surface area contributed by atoms with Crippen LogP contribution in [0.5, 0.6) is 0 Å². The van der Waals surface area contributed by atoms with Gasteiger partial charge in [-0.3, -0.25) is 14.6 Å². The van der Waals surface area contributed by atoms with Crippen LogP contribution in [0.4, 0.5) is 0 Å². The Kier molecular flexibility index (Phi) is 3.82. The van der Waals surface area contributed by atoms with Crippen molar-refractivity contribution in [3.63, 3.8) is 0 Å². The summed E-state index contributed by atoms with van der Waals surface area (Å²) in [5, 5.41) is 3.20. The van der Waals surface area contributed by atoms with Gasteiger partial charge >= 0.3 is 0 Å².